The van der Waals surface area contributed by atoms with E-state index in [1.54, 1.807) is 0 Å². The molecular weight excluding hydrogens is 378 g/mol. The molecule has 0 heterocycles. The molecule has 4 aromatic carbocycles. The van der Waals surface area contributed by atoms with Crippen LogP contribution in [0.3, 0.4) is 0 Å². The van der Waals surface area contributed by atoms with Crippen molar-refractivity contribution < 1.29 is 46.5 Å². The van der Waals surface area contributed by atoms with E-state index in [2.05, 4.69) is 79.5 Å². The second-order valence-electron chi connectivity index (χ2n) is 5.24. The van der Waals surface area contributed by atoms with E-state index in [-0.39, 0.29) is 54.5 Å². The van der Waals surface area contributed by atoms with Crippen molar-refractivity contribution in [2.45, 2.75) is 0 Å². The van der Waals surface area contributed by atoms with Gasteiger partial charge in [-0.15, -0.1) is 80.7 Å². The monoisotopic (exact) mass is 392 g/mol. The van der Waals surface area contributed by atoms with Gasteiger partial charge in [0.25, 0.3) is 0 Å². The summed E-state index contributed by atoms with van der Waals surface area (Å²) in [4.78, 5) is 0. The number of hydrogen-bond donors (Lipinski definition) is 0. The number of fused-ring (bicyclic) bond motifs is 2. The summed E-state index contributed by atoms with van der Waals surface area (Å²) in [7, 11) is -0.264. The van der Waals surface area contributed by atoms with Crippen LogP contribution in [0.2, 0.25) is 0 Å². The molecule has 0 aliphatic heterocycles. The Balaban J connectivity index is 0.000000882. The van der Waals surface area contributed by atoms with Gasteiger partial charge in [0.05, 0.1) is 0 Å². The van der Waals surface area contributed by atoms with Crippen LogP contribution in [-0.2, 0) is 21.7 Å². The molecule has 0 aliphatic rings. The summed E-state index contributed by atoms with van der Waals surface area (Å²) < 4.78 is 0. The smallest absolute Gasteiger partial charge is 1.00 e. The molecule has 0 radical (unpaired) electrons. The van der Waals surface area contributed by atoms with Crippen LogP contribution in [0.15, 0.2) is 72.8 Å². The largest absolute Gasteiger partial charge is 4.00 e. The van der Waals surface area contributed by atoms with Gasteiger partial charge in [0, 0.05) is 0 Å². The molecule has 0 fully saturated rings. The first kappa shape index (κ1) is 20.4. The van der Waals surface area contributed by atoms with Gasteiger partial charge in [-0.2, -0.15) is 12.1 Å². The molecule has 0 spiro atoms. The fraction of sp³-hybridized carbons (Fsp3) is 0.0526. The first-order valence-electron chi connectivity index (χ1n) is 6.86. The zero-order valence-corrected chi connectivity index (χ0v) is 16.6. The Morgan fingerprint density at radius 2 is 1.09 bits per heavy atom. The maximum absolute atomic E-state index is 2.36. The van der Waals surface area contributed by atoms with Crippen LogP contribution in [0.1, 0.15) is 0 Å². The second-order valence-corrected chi connectivity index (χ2v) is 7.39. The van der Waals surface area contributed by atoms with Crippen molar-refractivity contribution in [2.75, 3.05) is 6.66 Å². The predicted octanol–water partition coefficient (Wildman–Crippen LogP) is -1.50. The van der Waals surface area contributed by atoms with Crippen molar-refractivity contribution in [3.8, 4) is 0 Å². The zero-order valence-electron chi connectivity index (χ0n) is 12.6. The molecular formula is C19H15Cl2PTi. The van der Waals surface area contributed by atoms with E-state index in [0.717, 1.165) is 0 Å². The molecule has 0 N–H and O–H groups in total. The molecule has 23 heavy (non-hydrogen) atoms. The molecule has 4 rings (SSSR count). The molecule has 4 heteroatoms. The summed E-state index contributed by atoms with van der Waals surface area (Å²) in [6, 6.07) is 26.6. The fourth-order valence-electron chi connectivity index (χ4n) is 2.80. The topological polar surface area (TPSA) is 0 Å². The Bertz CT molecular complexity index is 754. The summed E-state index contributed by atoms with van der Waals surface area (Å²) in [5.74, 6) is 0. The molecule has 0 atom stereocenters. The van der Waals surface area contributed by atoms with Crippen LogP contribution in [0.5, 0.6) is 0 Å². The molecule has 0 amide bonds. The molecule has 0 nitrogen and oxygen atoms in total. The Labute approximate surface area is 165 Å². The predicted molar refractivity (Wildman–Crippen MR) is 91.2 cm³/mol. The molecule has 0 saturated heterocycles. The maximum Gasteiger partial charge on any atom is 4.00 e. The molecule has 4 aromatic rings. The van der Waals surface area contributed by atoms with Crippen LogP contribution in [0.4, 0.5) is 0 Å². The van der Waals surface area contributed by atoms with Gasteiger partial charge in [-0.1, -0.05) is 20.1 Å². The van der Waals surface area contributed by atoms with Gasteiger partial charge < -0.3 is 24.8 Å². The quantitative estimate of drug-likeness (QED) is 0.221. The summed E-state index contributed by atoms with van der Waals surface area (Å²) in [6.07, 6.45) is 0. The molecule has 0 saturated carbocycles. The van der Waals surface area contributed by atoms with Gasteiger partial charge in [-0.05, 0) is 6.66 Å². The number of benzene rings is 2. The van der Waals surface area contributed by atoms with Crippen molar-refractivity contribution in [1.29, 1.82) is 0 Å². The van der Waals surface area contributed by atoms with E-state index in [1.165, 1.54) is 32.2 Å². The summed E-state index contributed by atoms with van der Waals surface area (Å²) in [5.41, 5.74) is 0. The van der Waals surface area contributed by atoms with E-state index >= 15 is 0 Å². The van der Waals surface area contributed by atoms with Crippen LogP contribution in [-0.4, -0.2) is 6.66 Å². The van der Waals surface area contributed by atoms with E-state index in [1.807, 2.05) is 0 Å². The van der Waals surface area contributed by atoms with E-state index in [4.69, 9.17) is 0 Å². The normalized spacial score (nSPS) is 10.2. The standard InChI is InChI=1S/C19H15P.2ClH.Ti/c1-20(18-10-14-6-2-3-7-15(14)11-18)19-12-16-8-4-5-9-17(16)13-19;;;/h2-13H,1H3;2*1H;/q-2;;;+4/p-2. The van der Waals surface area contributed by atoms with Crippen molar-refractivity contribution in [2.24, 2.45) is 0 Å². The van der Waals surface area contributed by atoms with Gasteiger partial charge in [-0.3, -0.25) is 0 Å². The van der Waals surface area contributed by atoms with Crippen LogP contribution in [0.25, 0.3) is 21.5 Å². The van der Waals surface area contributed by atoms with Gasteiger partial charge >= 0.3 is 21.7 Å². The summed E-state index contributed by atoms with van der Waals surface area (Å²) >= 11 is 0. The Hall–Kier alpha value is -0.616. The van der Waals surface area contributed by atoms with Crippen molar-refractivity contribution >= 4 is 40.1 Å². The van der Waals surface area contributed by atoms with Crippen molar-refractivity contribution in [1.82, 2.24) is 0 Å². The molecule has 114 valence electrons. The van der Waals surface area contributed by atoms with Gasteiger partial charge in [0.15, 0.2) is 0 Å². The van der Waals surface area contributed by atoms with Crippen LogP contribution in [0, 0.1) is 0 Å². The average Bonchev–Trinajstić information content (AvgIpc) is 3.10. The molecule has 0 aliphatic carbocycles. The van der Waals surface area contributed by atoms with E-state index in [9.17, 15) is 0 Å². The number of hydrogen-bond acceptors (Lipinski definition) is 0. The van der Waals surface area contributed by atoms with E-state index in [0.29, 0.717) is 0 Å². The van der Waals surface area contributed by atoms with Crippen molar-refractivity contribution in [3.05, 3.63) is 72.8 Å². The molecule has 0 unspecified atom stereocenters. The minimum atomic E-state index is -0.264. The SMILES string of the molecule is CP(c1cc2ccccc2[cH-]1)c1cc2ccccc2[cH-]1.[Cl-].[Cl-].[Ti+4]. The minimum Gasteiger partial charge on any atom is -1.00 e. The fourth-order valence-corrected chi connectivity index (χ4v) is 4.43. The van der Waals surface area contributed by atoms with Gasteiger partial charge in [-0.25, -0.2) is 0 Å². The number of rotatable bonds is 2. The van der Waals surface area contributed by atoms with Crippen LogP contribution >= 0.6 is 7.92 Å². The van der Waals surface area contributed by atoms with Gasteiger partial charge in [0.2, 0.25) is 0 Å². The number of halogens is 2. The first-order valence-corrected chi connectivity index (χ1v) is 8.65. The Morgan fingerprint density at radius 1 is 0.696 bits per heavy atom. The van der Waals surface area contributed by atoms with E-state index < -0.39 is 0 Å². The third-order valence-corrected chi connectivity index (χ3v) is 6.05. The Morgan fingerprint density at radius 3 is 1.48 bits per heavy atom. The third-order valence-electron chi connectivity index (χ3n) is 3.98. The summed E-state index contributed by atoms with van der Waals surface area (Å²) in [6.45, 7) is 2.36. The van der Waals surface area contributed by atoms with Crippen molar-refractivity contribution in [3.63, 3.8) is 0 Å². The van der Waals surface area contributed by atoms with Crippen LogP contribution < -0.4 is 35.4 Å². The summed E-state index contributed by atoms with van der Waals surface area (Å²) in [5, 5.41) is 8.36. The zero-order chi connectivity index (χ0) is 13.5. The first-order chi connectivity index (χ1) is 9.81. The minimum absolute atomic E-state index is 0. The Kier molecular flexibility index (Phi) is 7.53. The van der Waals surface area contributed by atoms with Gasteiger partial charge in [0.1, 0.15) is 0 Å². The molecule has 0 bridgehead atoms. The maximum atomic E-state index is 2.36. The average molecular weight is 393 g/mol. The molecule has 0 aromatic heterocycles. The second kappa shape index (κ2) is 8.47. The third kappa shape index (κ3) is 3.90.